The Labute approximate surface area is 122 Å². The van der Waals surface area contributed by atoms with Crippen molar-refractivity contribution in [1.82, 2.24) is 15.5 Å². The number of rotatable bonds is 4. The van der Waals surface area contributed by atoms with E-state index in [-0.39, 0.29) is 5.91 Å². The van der Waals surface area contributed by atoms with Crippen LogP contribution in [0.5, 0.6) is 0 Å². The number of nitrogens with one attached hydrogen (secondary N) is 2. The van der Waals surface area contributed by atoms with Gasteiger partial charge in [0.1, 0.15) is 11.4 Å². The average molecular weight is 281 g/mol. The first-order valence-corrected chi connectivity index (χ1v) is 6.67. The molecule has 0 aliphatic carbocycles. The topological polar surface area (TPSA) is 70.9 Å². The fourth-order valence-corrected chi connectivity index (χ4v) is 2.08. The zero-order valence-electron chi connectivity index (χ0n) is 11.6. The second-order valence-corrected chi connectivity index (χ2v) is 4.77. The van der Waals surface area contributed by atoms with E-state index in [1.165, 1.54) is 0 Å². The Bertz CT molecular complexity index is 744. The SMILES string of the molecule is Cc1cc[nH]c1C(=O)NCc1cc(-c2ccccc2)on1. The molecule has 0 unspecified atom stereocenters. The van der Waals surface area contributed by atoms with Gasteiger partial charge in [-0.05, 0) is 18.6 Å². The molecule has 0 saturated carbocycles. The van der Waals surface area contributed by atoms with Gasteiger partial charge < -0.3 is 14.8 Å². The normalized spacial score (nSPS) is 10.5. The van der Waals surface area contributed by atoms with Gasteiger partial charge >= 0.3 is 0 Å². The molecule has 2 aromatic heterocycles. The summed E-state index contributed by atoms with van der Waals surface area (Å²) in [7, 11) is 0. The van der Waals surface area contributed by atoms with E-state index in [2.05, 4.69) is 15.5 Å². The summed E-state index contributed by atoms with van der Waals surface area (Å²) in [5, 5.41) is 6.78. The third-order valence-corrected chi connectivity index (χ3v) is 3.23. The number of H-pyrrole nitrogens is 1. The molecule has 1 aromatic carbocycles. The van der Waals surface area contributed by atoms with Crippen LogP contribution in [-0.4, -0.2) is 16.0 Å². The van der Waals surface area contributed by atoms with Crippen LogP contribution in [0, 0.1) is 6.92 Å². The van der Waals surface area contributed by atoms with Crippen molar-refractivity contribution in [3.8, 4) is 11.3 Å². The van der Waals surface area contributed by atoms with Crippen molar-refractivity contribution in [2.24, 2.45) is 0 Å². The van der Waals surface area contributed by atoms with Crippen molar-refractivity contribution in [3.05, 3.63) is 65.6 Å². The number of aromatic nitrogens is 2. The van der Waals surface area contributed by atoms with Crippen LogP contribution in [0.15, 0.2) is 53.2 Å². The van der Waals surface area contributed by atoms with Crippen molar-refractivity contribution in [1.29, 1.82) is 0 Å². The van der Waals surface area contributed by atoms with Gasteiger partial charge in [0.2, 0.25) is 0 Å². The van der Waals surface area contributed by atoms with Crippen molar-refractivity contribution in [3.63, 3.8) is 0 Å². The van der Waals surface area contributed by atoms with Gasteiger partial charge in [-0.15, -0.1) is 0 Å². The highest BCUT2D eigenvalue weighted by atomic mass is 16.5. The number of hydrogen-bond acceptors (Lipinski definition) is 3. The molecule has 0 radical (unpaired) electrons. The predicted molar refractivity (Wildman–Crippen MR) is 78.6 cm³/mol. The van der Waals surface area contributed by atoms with Crippen LogP contribution in [0.25, 0.3) is 11.3 Å². The van der Waals surface area contributed by atoms with Crippen LogP contribution in [-0.2, 0) is 6.54 Å². The zero-order valence-corrected chi connectivity index (χ0v) is 11.6. The van der Waals surface area contributed by atoms with Crippen LogP contribution in [0.2, 0.25) is 0 Å². The third-order valence-electron chi connectivity index (χ3n) is 3.23. The van der Waals surface area contributed by atoms with Crippen molar-refractivity contribution < 1.29 is 9.32 Å². The number of aromatic amines is 1. The Morgan fingerprint density at radius 3 is 2.81 bits per heavy atom. The first kappa shape index (κ1) is 13.2. The van der Waals surface area contributed by atoms with Gasteiger partial charge in [-0.25, -0.2) is 0 Å². The molecule has 0 aliphatic heterocycles. The summed E-state index contributed by atoms with van der Waals surface area (Å²) < 4.78 is 5.29. The highest BCUT2D eigenvalue weighted by molar-refractivity contribution is 5.93. The van der Waals surface area contributed by atoms with E-state index in [4.69, 9.17) is 4.52 Å². The Morgan fingerprint density at radius 2 is 2.10 bits per heavy atom. The van der Waals surface area contributed by atoms with Gasteiger partial charge in [-0.2, -0.15) is 0 Å². The van der Waals surface area contributed by atoms with Crippen LogP contribution < -0.4 is 5.32 Å². The molecule has 3 rings (SSSR count). The van der Waals surface area contributed by atoms with Crippen molar-refractivity contribution in [2.45, 2.75) is 13.5 Å². The summed E-state index contributed by atoms with van der Waals surface area (Å²) in [5.74, 6) is 0.540. The van der Waals surface area contributed by atoms with Gasteiger partial charge in [0.05, 0.1) is 6.54 Å². The molecule has 5 heteroatoms. The highest BCUT2D eigenvalue weighted by Gasteiger charge is 2.11. The van der Waals surface area contributed by atoms with Crippen LogP contribution in [0.3, 0.4) is 0 Å². The lowest BCUT2D eigenvalue weighted by molar-refractivity contribution is 0.0945. The van der Waals surface area contributed by atoms with Gasteiger partial charge in [-0.3, -0.25) is 4.79 Å². The van der Waals surface area contributed by atoms with E-state index in [1.807, 2.05) is 49.4 Å². The fraction of sp³-hybridized carbons (Fsp3) is 0.125. The number of aryl methyl sites for hydroxylation is 1. The molecule has 0 atom stereocenters. The van der Waals surface area contributed by atoms with Crippen LogP contribution in [0.4, 0.5) is 0 Å². The zero-order chi connectivity index (χ0) is 14.7. The van der Waals surface area contributed by atoms with Crippen molar-refractivity contribution in [2.75, 3.05) is 0 Å². The Hall–Kier alpha value is -2.82. The molecule has 21 heavy (non-hydrogen) atoms. The van der Waals surface area contributed by atoms with E-state index in [0.29, 0.717) is 23.7 Å². The summed E-state index contributed by atoms with van der Waals surface area (Å²) in [6.07, 6.45) is 1.74. The molecule has 2 N–H and O–H groups in total. The third kappa shape index (κ3) is 2.86. The van der Waals surface area contributed by atoms with Gasteiger partial charge in [0.25, 0.3) is 5.91 Å². The largest absolute Gasteiger partial charge is 0.357 e. The minimum absolute atomic E-state index is 0.151. The van der Waals surface area contributed by atoms with E-state index in [0.717, 1.165) is 11.1 Å². The lowest BCUT2D eigenvalue weighted by Gasteiger charge is -2.01. The Balaban J connectivity index is 1.66. The van der Waals surface area contributed by atoms with Gasteiger partial charge in [-0.1, -0.05) is 35.5 Å². The summed E-state index contributed by atoms with van der Waals surface area (Å²) in [4.78, 5) is 14.9. The van der Waals surface area contributed by atoms with E-state index >= 15 is 0 Å². The fourth-order valence-electron chi connectivity index (χ4n) is 2.08. The molecule has 2 heterocycles. The summed E-state index contributed by atoms with van der Waals surface area (Å²) in [5.41, 5.74) is 3.13. The molecule has 0 saturated heterocycles. The average Bonchev–Trinajstić information content (AvgIpc) is 3.15. The quantitative estimate of drug-likeness (QED) is 0.772. The lowest BCUT2D eigenvalue weighted by Crippen LogP contribution is -2.23. The number of nitrogens with zero attached hydrogens (tertiary/aromatic N) is 1. The first-order chi connectivity index (χ1) is 10.2. The van der Waals surface area contributed by atoms with E-state index < -0.39 is 0 Å². The maximum Gasteiger partial charge on any atom is 0.268 e. The maximum atomic E-state index is 12.0. The van der Waals surface area contributed by atoms with Crippen LogP contribution >= 0.6 is 0 Å². The smallest absolute Gasteiger partial charge is 0.268 e. The first-order valence-electron chi connectivity index (χ1n) is 6.67. The summed E-state index contributed by atoms with van der Waals surface area (Å²) >= 11 is 0. The Morgan fingerprint density at radius 1 is 1.29 bits per heavy atom. The van der Waals surface area contributed by atoms with E-state index in [9.17, 15) is 4.79 Å². The summed E-state index contributed by atoms with van der Waals surface area (Å²) in [6, 6.07) is 13.4. The standard InChI is InChI=1S/C16H15N3O2/c1-11-7-8-17-15(11)16(20)18-10-13-9-14(21-19-13)12-5-3-2-4-6-12/h2-9,17H,10H2,1H3,(H,18,20). The van der Waals surface area contributed by atoms with E-state index in [1.54, 1.807) is 6.20 Å². The van der Waals surface area contributed by atoms with Gasteiger partial charge in [0, 0.05) is 17.8 Å². The Kier molecular flexibility index (Phi) is 3.55. The predicted octanol–water partition coefficient (Wildman–Crippen LogP) is 2.91. The number of carbonyl (C=O) groups is 1. The molecule has 0 spiro atoms. The second kappa shape index (κ2) is 5.66. The molecule has 3 aromatic rings. The number of benzene rings is 1. The second-order valence-electron chi connectivity index (χ2n) is 4.77. The molecule has 5 nitrogen and oxygen atoms in total. The van der Waals surface area contributed by atoms with Crippen LogP contribution in [0.1, 0.15) is 21.7 Å². The minimum Gasteiger partial charge on any atom is -0.357 e. The number of carbonyl (C=O) groups excluding carboxylic acids is 1. The summed E-state index contributed by atoms with van der Waals surface area (Å²) in [6.45, 7) is 2.21. The maximum absolute atomic E-state index is 12.0. The number of amides is 1. The molecular formula is C16H15N3O2. The lowest BCUT2D eigenvalue weighted by atomic mass is 10.1. The highest BCUT2D eigenvalue weighted by Crippen LogP contribution is 2.19. The molecule has 0 bridgehead atoms. The molecule has 0 aliphatic rings. The molecule has 1 amide bonds. The van der Waals surface area contributed by atoms with Gasteiger partial charge in [0.15, 0.2) is 5.76 Å². The molecule has 0 fully saturated rings. The molecule has 106 valence electrons. The van der Waals surface area contributed by atoms with Crippen molar-refractivity contribution >= 4 is 5.91 Å². The number of hydrogen-bond donors (Lipinski definition) is 2. The molecular weight excluding hydrogens is 266 g/mol. The monoisotopic (exact) mass is 281 g/mol. The minimum atomic E-state index is -0.151.